The van der Waals surface area contributed by atoms with E-state index in [1.165, 1.54) is 50.6 Å². The average molecular weight is 443 g/mol. The van der Waals surface area contributed by atoms with Gasteiger partial charge in [0.25, 0.3) is 15.9 Å². The predicted octanol–water partition coefficient (Wildman–Crippen LogP) is 2.98. The molecule has 1 aromatic heterocycles. The van der Waals surface area contributed by atoms with Gasteiger partial charge in [-0.15, -0.1) is 0 Å². The molecule has 0 fully saturated rings. The van der Waals surface area contributed by atoms with Crippen LogP contribution in [0.3, 0.4) is 0 Å². The fraction of sp³-hybridized carbons (Fsp3) is 0.143. The van der Waals surface area contributed by atoms with Crippen LogP contribution in [0.25, 0.3) is 0 Å². The Morgan fingerprint density at radius 3 is 2.52 bits per heavy atom. The number of hydrogen-bond acceptors (Lipinski definition) is 6. The Bertz CT molecular complexity index is 1190. The summed E-state index contributed by atoms with van der Waals surface area (Å²) in [4.78, 5) is 23.8. The molecule has 10 heteroatoms. The van der Waals surface area contributed by atoms with Gasteiger partial charge in [-0.25, -0.2) is 8.42 Å². The van der Waals surface area contributed by atoms with Crippen molar-refractivity contribution in [3.05, 3.63) is 72.2 Å². The number of methoxy groups -OCH3 is 1. The quantitative estimate of drug-likeness (QED) is 0.491. The number of benzene rings is 2. The first kappa shape index (κ1) is 21.9. The number of anilines is 2. The molecule has 3 rings (SSSR count). The Morgan fingerprint density at radius 2 is 1.84 bits per heavy atom. The maximum atomic E-state index is 13.1. The first-order chi connectivity index (χ1) is 14.8. The average Bonchev–Trinajstić information content (AvgIpc) is 3.25. The van der Waals surface area contributed by atoms with Gasteiger partial charge in [-0.1, -0.05) is 12.1 Å². The Kier molecular flexibility index (Phi) is 6.61. The lowest BCUT2D eigenvalue weighted by Gasteiger charge is -2.15. The van der Waals surface area contributed by atoms with Gasteiger partial charge in [-0.2, -0.15) is 0 Å². The van der Waals surface area contributed by atoms with Crippen molar-refractivity contribution in [2.75, 3.05) is 17.1 Å². The molecule has 9 nitrogen and oxygen atoms in total. The zero-order chi connectivity index (χ0) is 22.4. The van der Waals surface area contributed by atoms with Crippen molar-refractivity contribution >= 4 is 33.2 Å². The summed E-state index contributed by atoms with van der Waals surface area (Å²) >= 11 is 0. The van der Waals surface area contributed by atoms with E-state index in [9.17, 15) is 18.0 Å². The molecule has 0 saturated carbocycles. The van der Waals surface area contributed by atoms with Crippen LogP contribution < -0.4 is 20.1 Å². The highest BCUT2D eigenvalue weighted by Crippen LogP contribution is 2.29. The Labute approximate surface area is 179 Å². The van der Waals surface area contributed by atoms with Gasteiger partial charge in [0.1, 0.15) is 16.4 Å². The molecule has 0 radical (unpaired) electrons. The Balaban J connectivity index is 1.88. The summed E-state index contributed by atoms with van der Waals surface area (Å²) < 4.78 is 39.0. The molecule has 3 N–H and O–H groups in total. The van der Waals surface area contributed by atoms with E-state index in [1.807, 2.05) is 0 Å². The van der Waals surface area contributed by atoms with Crippen LogP contribution in [0.4, 0.5) is 11.4 Å². The predicted molar refractivity (Wildman–Crippen MR) is 114 cm³/mol. The van der Waals surface area contributed by atoms with E-state index in [-0.39, 0.29) is 40.0 Å². The first-order valence-corrected chi connectivity index (χ1v) is 10.7. The fourth-order valence-corrected chi connectivity index (χ4v) is 4.09. The highest BCUT2D eigenvalue weighted by Gasteiger charge is 2.23. The highest BCUT2D eigenvalue weighted by molar-refractivity contribution is 7.92. The van der Waals surface area contributed by atoms with E-state index in [2.05, 4.69) is 15.4 Å². The summed E-state index contributed by atoms with van der Waals surface area (Å²) in [6.45, 7) is 1.47. The lowest BCUT2D eigenvalue weighted by atomic mass is 10.1. The summed E-state index contributed by atoms with van der Waals surface area (Å²) in [6.07, 6.45) is 1.49. The summed E-state index contributed by atoms with van der Waals surface area (Å²) in [5, 5.41) is 5.21. The second kappa shape index (κ2) is 9.35. The van der Waals surface area contributed by atoms with Crippen LogP contribution in [-0.4, -0.2) is 27.3 Å². The van der Waals surface area contributed by atoms with Crippen LogP contribution >= 0.6 is 0 Å². The Hall–Kier alpha value is -3.79. The van der Waals surface area contributed by atoms with Crippen molar-refractivity contribution in [2.24, 2.45) is 0 Å². The van der Waals surface area contributed by atoms with Crippen LogP contribution in [0.2, 0.25) is 0 Å². The molecular weight excluding hydrogens is 422 g/mol. The molecule has 162 valence electrons. The largest absolute Gasteiger partial charge is 0.495 e. The van der Waals surface area contributed by atoms with Crippen LogP contribution in [0.1, 0.15) is 23.0 Å². The zero-order valence-corrected chi connectivity index (χ0v) is 17.7. The third kappa shape index (κ3) is 5.43. The molecule has 1 heterocycles. The normalized spacial score (nSPS) is 10.9. The van der Waals surface area contributed by atoms with Crippen LogP contribution in [0.15, 0.2) is 70.2 Å². The summed E-state index contributed by atoms with van der Waals surface area (Å²) in [6, 6.07) is 13.8. The van der Waals surface area contributed by atoms with Crippen LogP contribution in [-0.2, 0) is 21.4 Å². The fourth-order valence-electron chi connectivity index (χ4n) is 2.81. The van der Waals surface area contributed by atoms with Crippen molar-refractivity contribution in [3.8, 4) is 5.75 Å². The minimum absolute atomic E-state index is 0.0846. The molecule has 31 heavy (non-hydrogen) atoms. The van der Waals surface area contributed by atoms with Crippen molar-refractivity contribution in [1.29, 1.82) is 0 Å². The third-order valence-electron chi connectivity index (χ3n) is 4.19. The molecule has 0 saturated heterocycles. The van der Waals surface area contributed by atoms with E-state index in [0.717, 1.165) is 0 Å². The molecule has 0 atom stereocenters. The second-order valence-electron chi connectivity index (χ2n) is 6.46. The molecular formula is C21H21N3O6S. The topological polar surface area (TPSA) is 127 Å². The van der Waals surface area contributed by atoms with Gasteiger partial charge in [0.2, 0.25) is 5.91 Å². The van der Waals surface area contributed by atoms with Gasteiger partial charge < -0.3 is 19.8 Å². The van der Waals surface area contributed by atoms with Gasteiger partial charge in [-0.05, 0) is 42.5 Å². The number of furan rings is 1. The smallest absolute Gasteiger partial charge is 0.265 e. The number of rotatable bonds is 8. The molecule has 2 amide bonds. The van der Waals surface area contributed by atoms with Gasteiger partial charge in [0.05, 0.1) is 31.2 Å². The minimum atomic E-state index is -4.15. The van der Waals surface area contributed by atoms with E-state index in [0.29, 0.717) is 5.76 Å². The number of carbonyl (C=O) groups is 2. The molecule has 0 aliphatic rings. The number of carbonyl (C=O) groups excluding carboxylic acids is 2. The van der Waals surface area contributed by atoms with Gasteiger partial charge >= 0.3 is 0 Å². The van der Waals surface area contributed by atoms with Crippen molar-refractivity contribution < 1.29 is 27.2 Å². The van der Waals surface area contributed by atoms with Crippen LogP contribution in [0.5, 0.6) is 5.75 Å². The minimum Gasteiger partial charge on any atom is -0.495 e. The van der Waals surface area contributed by atoms with Gasteiger partial charge in [-0.3, -0.25) is 14.3 Å². The maximum Gasteiger partial charge on any atom is 0.265 e. The number of ether oxygens (including phenoxy) is 1. The monoisotopic (exact) mass is 443 g/mol. The summed E-state index contributed by atoms with van der Waals surface area (Å²) in [7, 11) is -2.82. The van der Waals surface area contributed by atoms with Crippen molar-refractivity contribution in [1.82, 2.24) is 5.32 Å². The number of hydrogen-bond donors (Lipinski definition) is 3. The van der Waals surface area contributed by atoms with Crippen LogP contribution in [0, 0.1) is 0 Å². The Morgan fingerprint density at radius 1 is 1.06 bits per heavy atom. The molecule has 0 spiro atoms. The summed E-state index contributed by atoms with van der Waals surface area (Å²) in [5.74, 6) is -0.180. The molecule has 0 bridgehead atoms. The molecule has 0 aliphatic carbocycles. The second-order valence-corrected chi connectivity index (χ2v) is 8.11. The van der Waals surface area contributed by atoms with Crippen molar-refractivity contribution in [2.45, 2.75) is 18.4 Å². The molecule has 0 aliphatic heterocycles. The van der Waals surface area contributed by atoms with Gasteiger partial charge in [0.15, 0.2) is 0 Å². The standard InChI is InChI=1S/C21H21N3O6S/c1-14(25)23-15-9-10-19(29-2)20(12-15)31(27,28)24-18-8-4-3-7-17(18)21(26)22-13-16-6-5-11-30-16/h3-12,24H,13H2,1-2H3,(H,22,26)(H,23,25). The number of amides is 2. The van der Waals surface area contributed by atoms with E-state index in [4.69, 9.17) is 9.15 Å². The highest BCUT2D eigenvalue weighted by atomic mass is 32.2. The van der Waals surface area contributed by atoms with Gasteiger partial charge in [0, 0.05) is 12.6 Å². The zero-order valence-electron chi connectivity index (χ0n) is 16.8. The molecule has 0 unspecified atom stereocenters. The first-order valence-electron chi connectivity index (χ1n) is 9.18. The maximum absolute atomic E-state index is 13.1. The van der Waals surface area contributed by atoms with E-state index < -0.39 is 15.9 Å². The summed E-state index contributed by atoms with van der Waals surface area (Å²) in [5.41, 5.74) is 0.513. The lowest BCUT2D eigenvalue weighted by Crippen LogP contribution is -2.25. The number of para-hydroxylation sites is 1. The molecule has 2 aromatic carbocycles. The SMILES string of the molecule is COc1ccc(NC(C)=O)cc1S(=O)(=O)Nc1ccccc1C(=O)NCc1ccco1. The molecule has 3 aromatic rings. The van der Waals surface area contributed by atoms with Crippen molar-refractivity contribution in [3.63, 3.8) is 0 Å². The number of nitrogens with one attached hydrogen (secondary N) is 3. The van der Waals surface area contributed by atoms with E-state index in [1.54, 1.807) is 24.3 Å². The van der Waals surface area contributed by atoms with E-state index >= 15 is 0 Å². The third-order valence-corrected chi connectivity index (χ3v) is 5.58. The lowest BCUT2D eigenvalue weighted by molar-refractivity contribution is -0.114. The number of sulfonamides is 1.